The number of para-hydroxylation sites is 2. The van der Waals surface area contributed by atoms with Gasteiger partial charge in [0, 0.05) is 27.4 Å². The normalized spacial score (nSPS) is 17.8. The van der Waals surface area contributed by atoms with E-state index in [1.165, 1.54) is 12.1 Å². The van der Waals surface area contributed by atoms with Crippen molar-refractivity contribution in [3.05, 3.63) is 121 Å². The summed E-state index contributed by atoms with van der Waals surface area (Å²) in [6, 6.07) is -1.29. The summed E-state index contributed by atoms with van der Waals surface area (Å²) in [4.78, 5) is 0. The fourth-order valence-electron chi connectivity index (χ4n) is 4.92. The minimum absolute atomic E-state index is 0.0763. The van der Waals surface area contributed by atoms with Crippen molar-refractivity contribution < 1.29 is 30.4 Å². The highest BCUT2D eigenvalue weighted by molar-refractivity contribution is 6.14. The molecule has 0 fully saturated rings. The summed E-state index contributed by atoms with van der Waals surface area (Å²) < 4.78 is 136. The molecule has 0 atom stereocenters. The number of phenolic OH excluding ortho intramolecular Hbond substituents is 1. The Kier molecular flexibility index (Phi) is 2.13. The molecule has 0 amide bonds. The molecule has 1 aromatic heterocycles. The topological polar surface area (TPSA) is 34.4 Å². The number of phenols is 1. The number of aromatic nitrogens is 1. The van der Waals surface area contributed by atoms with Gasteiger partial charge in [-0.15, -0.1) is 0 Å². The molecular formula is C34H21NO2. The van der Waals surface area contributed by atoms with E-state index in [0.717, 1.165) is 4.57 Å². The molecule has 0 radical (unpaired) electrons. The third kappa shape index (κ3) is 2.82. The zero-order valence-electron chi connectivity index (χ0n) is 33.7. The lowest BCUT2D eigenvalue weighted by Gasteiger charge is -2.22. The van der Waals surface area contributed by atoms with E-state index >= 15 is 0 Å². The van der Waals surface area contributed by atoms with Crippen LogP contribution in [0.3, 0.4) is 0 Å². The lowest BCUT2D eigenvalue weighted by molar-refractivity contribution is 0.482. The van der Waals surface area contributed by atoms with Crippen LogP contribution in [-0.4, -0.2) is 9.67 Å². The smallest absolute Gasteiger partial charge is 0.135 e. The highest BCUT2D eigenvalue weighted by Crippen LogP contribution is 2.49. The van der Waals surface area contributed by atoms with Crippen molar-refractivity contribution in [2.24, 2.45) is 0 Å². The molecule has 0 bridgehead atoms. The van der Waals surface area contributed by atoms with Gasteiger partial charge in [-0.3, -0.25) is 0 Å². The van der Waals surface area contributed by atoms with Gasteiger partial charge < -0.3 is 14.4 Å². The van der Waals surface area contributed by atoms with Gasteiger partial charge in [-0.05, 0) is 64.4 Å². The lowest BCUT2D eigenvalue weighted by Crippen LogP contribution is -1.97. The average Bonchev–Trinajstić information content (AvgIpc) is 3.49. The van der Waals surface area contributed by atoms with E-state index in [2.05, 4.69) is 0 Å². The quantitative estimate of drug-likeness (QED) is 0.262. The van der Waals surface area contributed by atoms with Gasteiger partial charge in [-0.2, -0.15) is 0 Å². The van der Waals surface area contributed by atoms with Crippen molar-refractivity contribution in [1.29, 1.82) is 0 Å². The Morgan fingerprint density at radius 3 is 2.41 bits per heavy atom. The van der Waals surface area contributed by atoms with E-state index in [4.69, 9.17) is 21.2 Å². The van der Waals surface area contributed by atoms with E-state index < -0.39 is 95.5 Å². The van der Waals surface area contributed by atoms with E-state index in [-0.39, 0.29) is 56.6 Å². The van der Waals surface area contributed by atoms with Crippen molar-refractivity contribution in [3.8, 4) is 45.2 Å². The second-order valence-electron chi connectivity index (χ2n) is 8.38. The van der Waals surface area contributed by atoms with Crippen molar-refractivity contribution in [1.82, 2.24) is 4.57 Å². The van der Waals surface area contributed by atoms with E-state index in [0.29, 0.717) is 16.3 Å². The van der Waals surface area contributed by atoms with E-state index in [9.17, 15) is 9.22 Å². The number of rotatable bonds is 2. The second-order valence-corrected chi connectivity index (χ2v) is 8.38. The summed E-state index contributed by atoms with van der Waals surface area (Å²) in [6.45, 7) is 0. The first kappa shape index (κ1) is 10.5. The van der Waals surface area contributed by atoms with Gasteiger partial charge in [0.15, 0.2) is 0 Å². The van der Waals surface area contributed by atoms with Crippen molar-refractivity contribution in [3.63, 3.8) is 0 Å². The molecule has 6 aromatic carbocycles. The molecule has 37 heavy (non-hydrogen) atoms. The molecular weight excluding hydrogens is 454 g/mol. The molecule has 174 valence electrons. The zero-order chi connectivity index (χ0) is 37.6. The Morgan fingerprint density at radius 2 is 1.49 bits per heavy atom. The molecule has 0 aliphatic carbocycles. The van der Waals surface area contributed by atoms with Crippen LogP contribution in [0.2, 0.25) is 0 Å². The summed E-state index contributed by atoms with van der Waals surface area (Å²) in [7, 11) is 0. The van der Waals surface area contributed by atoms with Crippen LogP contribution >= 0.6 is 0 Å². The first-order valence-electron chi connectivity index (χ1n) is 18.7. The van der Waals surface area contributed by atoms with Crippen LogP contribution < -0.4 is 4.74 Å². The molecule has 1 N–H and O–H groups in total. The Bertz CT molecular complexity index is 2820. The minimum atomic E-state index is -0.853. The maximum absolute atomic E-state index is 11.2. The van der Waals surface area contributed by atoms with Crippen molar-refractivity contribution >= 4 is 32.6 Å². The van der Waals surface area contributed by atoms with E-state index in [1.807, 2.05) is 0 Å². The van der Waals surface area contributed by atoms with Gasteiger partial charge in [0.1, 0.15) is 17.2 Å². The zero-order valence-corrected chi connectivity index (χ0v) is 18.7. The molecule has 0 spiro atoms. The predicted octanol–water partition coefficient (Wildman–Crippen LogP) is 9.08. The van der Waals surface area contributed by atoms with Gasteiger partial charge >= 0.3 is 0 Å². The van der Waals surface area contributed by atoms with Gasteiger partial charge in [-0.25, -0.2) is 0 Å². The largest absolute Gasteiger partial charge is 0.507 e. The highest BCUT2D eigenvalue weighted by atomic mass is 16.5. The molecule has 1 aliphatic rings. The molecule has 0 saturated heterocycles. The number of benzene rings is 6. The fraction of sp³-hybridized carbons (Fsp3) is 0. The summed E-state index contributed by atoms with van der Waals surface area (Å²) in [6.07, 6.45) is 0. The number of aromatic hydroxyl groups is 1. The van der Waals surface area contributed by atoms with Gasteiger partial charge in [0.25, 0.3) is 0 Å². The van der Waals surface area contributed by atoms with Crippen LogP contribution in [0.1, 0.15) is 20.6 Å². The van der Waals surface area contributed by atoms with Crippen LogP contribution in [0.5, 0.6) is 17.2 Å². The van der Waals surface area contributed by atoms with Crippen molar-refractivity contribution in [2.45, 2.75) is 0 Å². The second kappa shape index (κ2) is 7.49. The predicted molar refractivity (Wildman–Crippen MR) is 151 cm³/mol. The van der Waals surface area contributed by atoms with Gasteiger partial charge in [-0.1, -0.05) is 78.6 Å². The van der Waals surface area contributed by atoms with Crippen LogP contribution in [0.15, 0.2) is 121 Å². The van der Waals surface area contributed by atoms with E-state index in [1.54, 1.807) is 18.2 Å². The molecule has 3 heteroatoms. The summed E-state index contributed by atoms with van der Waals surface area (Å²) >= 11 is 0. The average molecular weight is 491 g/mol. The van der Waals surface area contributed by atoms with Crippen LogP contribution in [0.4, 0.5) is 0 Å². The maximum Gasteiger partial charge on any atom is 0.135 e. The molecule has 3 nitrogen and oxygen atoms in total. The molecule has 8 rings (SSSR count). The molecule has 0 saturated carbocycles. The SMILES string of the molecule is [2H]c1c([2H])c([2H])c(-n2c3c([2H])c(-c4ccc5c6c(cccc46)-c4c([2H])c([2H])c([2H])c([2H])c4O5)c([2H])c([2H])c3c3c(O)c([2H])c([2H])c([2H])c32)c([2H])c1[2H]. The summed E-state index contributed by atoms with van der Waals surface area (Å²) in [5, 5.41) is 11.3. The Morgan fingerprint density at radius 1 is 0.622 bits per heavy atom. The fourth-order valence-corrected chi connectivity index (χ4v) is 4.92. The number of nitrogens with zero attached hydrogens (tertiary/aromatic N) is 1. The molecule has 2 heterocycles. The Balaban J connectivity index is 1.57. The van der Waals surface area contributed by atoms with Crippen molar-refractivity contribution in [2.75, 3.05) is 0 Å². The Hall–Kier alpha value is -5.02. The lowest BCUT2D eigenvalue weighted by atomic mass is 9.90. The van der Waals surface area contributed by atoms with Crippen LogP contribution in [0.25, 0.3) is 60.5 Å². The summed E-state index contributed by atoms with van der Waals surface area (Å²) in [5.74, 6) is -0.707. The monoisotopic (exact) mass is 490 g/mol. The highest BCUT2D eigenvalue weighted by Gasteiger charge is 2.22. The van der Waals surface area contributed by atoms with Gasteiger partial charge in [0.2, 0.25) is 0 Å². The molecule has 0 unspecified atom stereocenters. The third-order valence-electron chi connectivity index (χ3n) is 6.44. The first-order chi connectivity index (χ1) is 24.5. The molecule has 1 aliphatic heterocycles. The van der Waals surface area contributed by atoms with Crippen LogP contribution in [0, 0.1) is 0 Å². The molecule has 7 aromatic rings. The maximum atomic E-state index is 11.2. The third-order valence-corrected chi connectivity index (χ3v) is 6.44. The minimum Gasteiger partial charge on any atom is -0.507 e. The first-order valence-corrected chi connectivity index (χ1v) is 11.2. The number of hydrogen-bond donors (Lipinski definition) is 1. The van der Waals surface area contributed by atoms with Gasteiger partial charge in [0.05, 0.1) is 31.6 Å². The van der Waals surface area contributed by atoms with Crippen LogP contribution in [-0.2, 0) is 0 Å². The Labute approximate surface area is 234 Å². The standard InChI is InChI=1S/C34H21NO2/c36-30-14-7-13-28-34(30)27-17-16-21(20-29(27)35(28)22-8-2-1-3-9-22)23-18-19-32-33-25(23)11-6-12-26(33)24-10-4-5-15-31(24)37-32/h1-20,36H/i1D,2D,3D,4D,5D,7D,8D,9D,10D,13D,14D,15D,16D,17D,20D. The number of fused-ring (bicyclic) bond motifs is 5. The summed E-state index contributed by atoms with van der Waals surface area (Å²) in [5.41, 5.74) is -0.737. The number of hydrogen-bond acceptors (Lipinski definition) is 2. The number of ether oxygens (including phenoxy) is 1.